The number of carboxylic acid groups (broad SMARTS) is 1. The largest absolute Gasteiger partial charge is 0.481 e. The van der Waals surface area contributed by atoms with Crippen LogP contribution in [0.2, 0.25) is 0 Å². The summed E-state index contributed by atoms with van der Waals surface area (Å²) in [4.78, 5) is 24.4. The summed E-state index contributed by atoms with van der Waals surface area (Å²) in [5, 5.41) is 18.7. The van der Waals surface area contributed by atoms with Gasteiger partial charge in [0.1, 0.15) is 0 Å². The zero-order chi connectivity index (χ0) is 15.3. The van der Waals surface area contributed by atoms with Crippen molar-refractivity contribution >= 4 is 23.0 Å². The lowest BCUT2D eigenvalue weighted by Crippen LogP contribution is -2.16. The molecule has 0 bridgehead atoms. The Morgan fingerprint density at radius 1 is 1.25 bits per heavy atom. The van der Waals surface area contributed by atoms with Crippen molar-refractivity contribution in [3.63, 3.8) is 0 Å². The lowest BCUT2D eigenvalue weighted by molar-refractivity contribution is -0.139. The molecule has 0 radical (unpaired) electrons. The monoisotopic (exact) mass is 297 g/mol. The number of carbonyl (C=O) groups excluding carboxylic acids is 1. The summed E-state index contributed by atoms with van der Waals surface area (Å²) in [6, 6.07) is 6.93. The van der Waals surface area contributed by atoms with Gasteiger partial charge in [-0.2, -0.15) is 0 Å². The molecule has 1 amide bonds. The van der Waals surface area contributed by atoms with Crippen molar-refractivity contribution in [1.29, 1.82) is 0 Å². The second-order valence-corrected chi connectivity index (χ2v) is 5.88. The molecule has 0 aliphatic carbocycles. The van der Waals surface area contributed by atoms with Gasteiger partial charge in [-0.1, -0.05) is 19.1 Å². The first kappa shape index (κ1) is 16.5. The van der Waals surface area contributed by atoms with Gasteiger partial charge in [-0.25, -0.2) is 0 Å². The van der Waals surface area contributed by atoms with Gasteiger partial charge in [0.2, 0.25) is 0 Å². The van der Waals surface area contributed by atoms with Crippen molar-refractivity contribution in [2.45, 2.75) is 24.3 Å². The third-order valence-corrected chi connectivity index (χ3v) is 3.88. The highest BCUT2D eigenvalue weighted by molar-refractivity contribution is 8.13. The van der Waals surface area contributed by atoms with E-state index >= 15 is 0 Å². The Balaban J connectivity index is 2.70. The Morgan fingerprint density at radius 2 is 1.80 bits per heavy atom. The number of amides is 1. The van der Waals surface area contributed by atoms with Crippen LogP contribution in [-0.2, 0) is 4.79 Å². The predicted molar refractivity (Wildman–Crippen MR) is 77.8 cm³/mol. The topological polar surface area (TPSA) is 77.8 Å². The van der Waals surface area contributed by atoms with E-state index in [2.05, 4.69) is 0 Å². The third kappa shape index (κ3) is 4.86. The minimum Gasteiger partial charge on any atom is -0.481 e. The summed E-state index contributed by atoms with van der Waals surface area (Å²) < 4.78 is 0. The molecule has 5 nitrogen and oxygen atoms in total. The molecule has 0 heterocycles. The Bertz CT molecular complexity index is 473. The van der Waals surface area contributed by atoms with Crippen molar-refractivity contribution in [3.8, 4) is 0 Å². The van der Waals surface area contributed by atoms with Crippen molar-refractivity contribution in [2.75, 3.05) is 14.1 Å². The normalized spacial score (nSPS) is 13.6. The first-order valence-corrected chi connectivity index (χ1v) is 7.02. The van der Waals surface area contributed by atoms with Gasteiger partial charge in [0.15, 0.2) is 0 Å². The number of nitrogens with zero attached hydrogens (tertiary/aromatic N) is 1. The van der Waals surface area contributed by atoms with Gasteiger partial charge in [0.05, 0.1) is 12.5 Å². The highest BCUT2D eigenvalue weighted by Gasteiger charge is 2.19. The Kier molecular flexibility index (Phi) is 6.04. The van der Waals surface area contributed by atoms with Crippen LogP contribution in [0.1, 0.15) is 25.0 Å². The van der Waals surface area contributed by atoms with Crippen LogP contribution in [0.15, 0.2) is 29.2 Å². The maximum Gasteiger partial charge on any atom is 0.303 e. The first-order chi connectivity index (χ1) is 9.31. The number of carbonyl (C=O) groups is 2. The number of benzene rings is 1. The maximum atomic E-state index is 11.5. The second-order valence-electron chi connectivity index (χ2n) is 4.85. The average Bonchev–Trinajstić information content (AvgIpc) is 2.37. The van der Waals surface area contributed by atoms with E-state index in [1.54, 1.807) is 45.3 Å². The van der Waals surface area contributed by atoms with Gasteiger partial charge >= 0.3 is 5.97 Å². The first-order valence-electron chi connectivity index (χ1n) is 6.20. The van der Waals surface area contributed by atoms with Gasteiger partial charge in [0, 0.05) is 19.0 Å². The molecule has 1 aromatic carbocycles. The molecule has 2 unspecified atom stereocenters. The van der Waals surface area contributed by atoms with E-state index in [-0.39, 0.29) is 17.6 Å². The number of rotatable bonds is 5. The fraction of sp³-hybridized carbons (Fsp3) is 0.429. The van der Waals surface area contributed by atoms with E-state index in [1.165, 1.54) is 4.90 Å². The van der Waals surface area contributed by atoms with E-state index in [0.29, 0.717) is 5.56 Å². The Hall–Kier alpha value is -1.53. The molecule has 110 valence electrons. The lowest BCUT2D eigenvalue weighted by Gasteiger charge is -2.17. The fourth-order valence-electron chi connectivity index (χ4n) is 1.64. The number of hydrogen-bond acceptors (Lipinski definition) is 4. The summed E-state index contributed by atoms with van der Waals surface area (Å²) in [6.07, 6.45) is -0.911. The van der Waals surface area contributed by atoms with E-state index in [9.17, 15) is 14.7 Å². The summed E-state index contributed by atoms with van der Waals surface area (Å²) in [5.74, 6) is -1.30. The quantitative estimate of drug-likeness (QED) is 0.817. The molecule has 1 aromatic rings. The molecule has 0 aliphatic rings. The van der Waals surface area contributed by atoms with Crippen LogP contribution in [0.4, 0.5) is 4.79 Å². The van der Waals surface area contributed by atoms with Crippen LogP contribution < -0.4 is 0 Å². The van der Waals surface area contributed by atoms with E-state index in [0.717, 1.165) is 16.7 Å². The molecule has 0 fully saturated rings. The van der Waals surface area contributed by atoms with E-state index < -0.39 is 12.1 Å². The molecule has 0 spiro atoms. The average molecular weight is 297 g/mol. The summed E-state index contributed by atoms with van der Waals surface area (Å²) in [5.41, 5.74) is 0.653. The minimum absolute atomic E-state index is 0.0717. The van der Waals surface area contributed by atoms with E-state index in [4.69, 9.17) is 5.11 Å². The molecular formula is C14H19NO4S. The number of aliphatic hydroxyl groups is 1. The highest BCUT2D eigenvalue weighted by atomic mass is 32.2. The zero-order valence-electron chi connectivity index (χ0n) is 11.7. The van der Waals surface area contributed by atoms with Crippen LogP contribution in [0.5, 0.6) is 0 Å². The predicted octanol–water partition coefficient (Wildman–Crippen LogP) is 2.60. The van der Waals surface area contributed by atoms with Crippen LogP contribution in [0.3, 0.4) is 0 Å². The van der Waals surface area contributed by atoms with Crippen molar-refractivity contribution in [3.05, 3.63) is 29.8 Å². The van der Waals surface area contributed by atoms with Gasteiger partial charge in [-0.05, 0) is 35.4 Å². The number of aliphatic hydroxyl groups excluding tert-OH is 1. The molecule has 0 aliphatic heterocycles. The van der Waals surface area contributed by atoms with Crippen molar-refractivity contribution in [1.82, 2.24) is 4.90 Å². The molecule has 0 saturated carbocycles. The molecule has 0 saturated heterocycles. The number of thioether (sulfide) groups is 1. The lowest BCUT2D eigenvalue weighted by atomic mass is 9.95. The smallest absolute Gasteiger partial charge is 0.303 e. The summed E-state index contributed by atoms with van der Waals surface area (Å²) in [7, 11) is 3.36. The van der Waals surface area contributed by atoms with Gasteiger partial charge in [0.25, 0.3) is 5.24 Å². The van der Waals surface area contributed by atoms with Gasteiger partial charge < -0.3 is 15.1 Å². The minimum atomic E-state index is -0.930. The molecule has 1 rings (SSSR count). The van der Waals surface area contributed by atoms with Gasteiger partial charge in [-0.15, -0.1) is 0 Å². The Morgan fingerprint density at radius 3 is 2.25 bits per heavy atom. The fourth-order valence-corrected chi connectivity index (χ4v) is 2.30. The number of aliphatic carboxylic acids is 1. The molecule has 0 aromatic heterocycles. The molecular weight excluding hydrogens is 278 g/mol. The SMILES string of the molecule is CC(CC(=O)O)C(O)c1ccc(SC(=O)N(C)C)cc1. The molecule has 20 heavy (non-hydrogen) atoms. The molecule has 2 N–H and O–H groups in total. The third-order valence-electron chi connectivity index (χ3n) is 2.83. The molecule has 6 heteroatoms. The van der Waals surface area contributed by atoms with Crippen LogP contribution in [0.25, 0.3) is 0 Å². The van der Waals surface area contributed by atoms with Crippen LogP contribution >= 0.6 is 11.8 Å². The summed E-state index contributed by atoms with van der Waals surface area (Å²) in [6.45, 7) is 1.69. The molecule has 2 atom stereocenters. The number of hydrogen-bond donors (Lipinski definition) is 2. The van der Waals surface area contributed by atoms with Crippen LogP contribution in [-0.4, -0.2) is 40.4 Å². The number of carboxylic acids is 1. The second kappa shape index (κ2) is 7.31. The summed E-state index contributed by atoms with van der Waals surface area (Å²) >= 11 is 1.10. The van der Waals surface area contributed by atoms with Gasteiger partial charge in [-0.3, -0.25) is 9.59 Å². The Labute approximate surface area is 122 Å². The maximum absolute atomic E-state index is 11.5. The standard InChI is InChI=1S/C14H19NO4S/c1-9(8-12(16)17)13(18)10-4-6-11(7-5-10)20-14(19)15(2)3/h4-7,9,13,18H,8H2,1-3H3,(H,16,17). The zero-order valence-corrected chi connectivity index (χ0v) is 12.6. The van der Waals surface area contributed by atoms with Crippen molar-refractivity contribution in [2.24, 2.45) is 5.92 Å². The van der Waals surface area contributed by atoms with Crippen LogP contribution in [0, 0.1) is 5.92 Å². The van der Waals surface area contributed by atoms with E-state index in [1.807, 2.05) is 0 Å². The van der Waals surface area contributed by atoms with Crippen molar-refractivity contribution < 1.29 is 19.8 Å². The highest BCUT2D eigenvalue weighted by Crippen LogP contribution is 2.27.